The second-order valence-corrected chi connectivity index (χ2v) is 11.3. The van der Waals surface area contributed by atoms with E-state index in [1.807, 2.05) is 66.7 Å². The van der Waals surface area contributed by atoms with Gasteiger partial charge in [0.1, 0.15) is 0 Å². The fourth-order valence-corrected chi connectivity index (χ4v) is 6.59. The lowest BCUT2D eigenvalue weighted by Crippen LogP contribution is -1.97. The Morgan fingerprint density at radius 2 is 1.14 bits per heavy atom. The standard InChI is InChI=1S/C37H22ClN3S/c38-37-40-35(39-36(41-37)29-17-18-32-31-11-4-5-12-33(31)42-34(32)22-29)28-10-6-9-25(19-28)27-16-14-24-13-15-26(20-30(24)21-27)23-7-2-1-3-8-23/h1-22H/i1D,2D,3D,7D,8D. The zero-order chi connectivity index (χ0) is 32.4. The molecule has 0 N–H and O–H groups in total. The zero-order valence-corrected chi connectivity index (χ0v) is 23.5. The summed E-state index contributed by atoms with van der Waals surface area (Å²) in [5, 5.41) is 4.37. The summed E-state index contributed by atoms with van der Waals surface area (Å²) < 4.78 is 43.3. The van der Waals surface area contributed by atoms with Gasteiger partial charge in [0.05, 0.1) is 6.85 Å². The Morgan fingerprint density at radius 3 is 1.95 bits per heavy atom. The van der Waals surface area contributed by atoms with Crippen LogP contribution in [0.3, 0.4) is 0 Å². The van der Waals surface area contributed by atoms with Gasteiger partial charge in [0.25, 0.3) is 0 Å². The molecule has 0 aliphatic heterocycles. The number of hydrogen-bond donors (Lipinski definition) is 0. The number of hydrogen-bond acceptors (Lipinski definition) is 4. The first-order valence-electron chi connectivity index (χ1n) is 15.8. The van der Waals surface area contributed by atoms with E-state index in [4.69, 9.17) is 23.4 Å². The fraction of sp³-hybridized carbons (Fsp3) is 0. The average molecular weight is 581 g/mol. The largest absolute Gasteiger partial charge is 0.226 e. The van der Waals surface area contributed by atoms with Crippen molar-refractivity contribution in [3.8, 4) is 45.0 Å². The van der Waals surface area contributed by atoms with Gasteiger partial charge in [0.2, 0.25) is 5.28 Å². The van der Waals surface area contributed by atoms with Gasteiger partial charge in [-0.05, 0) is 75.0 Å². The van der Waals surface area contributed by atoms with Crippen molar-refractivity contribution in [2.75, 3.05) is 0 Å². The van der Waals surface area contributed by atoms with Crippen molar-refractivity contribution in [1.29, 1.82) is 0 Å². The molecule has 2 aromatic heterocycles. The summed E-state index contributed by atoms with van der Waals surface area (Å²) >= 11 is 8.18. The molecule has 2 heterocycles. The molecular formula is C37H22ClN3S. The van der Waals surface area contributed by atoms with Crippen molar-refractivity contribution in [2.45, 2.75) is 0 Å². The minimum Gasteiger partial charge on any atom is -0.208 e. The molecular weight excluding hydrogens is 554 g/mol. The highest BCUT2D eigenvalue weighted by atomic mass is 35.5. The summed E-state index contributed by atoms with van der Waals surface area (Å²) in [6.45, 7) is 0. The van der Waals surface area contributed by atoms with Crippen molar-refractivity contribution in [2.24, 2.45) is 0 Å². The highest BCUT2D eigenvalue weighted by Gasteiger charge is 2.13. The summed E-state index contributed by atoms with van der Waals surface area (Å²) in [6.07, 6.45) is 0. The first-order valence-corrected chi connectivity index (χ1v) is 14.5. The Morgan fingerprint density at radius 1 is 0.500 bits per heavy atom. The number of thiophene rings is 1. The average Bonchev–Trinajstić information content (AvgIpc) is 3.47. The second-order valence-electron chi connectivity index (χ2n) is 9.92. The molecule has 6 aromatic carbocycles. The first-order chi connectivity index (χ1) is 22.7. The lowest BCUT2D eigenvalue weighted by atomic mass is 9.97. The molecule has 0 fully saturated rings. The Hall–Kier alpha value is -4.90. The van der Waals surface area contributed by atoms with Crippen LogP contribution in [0, 0.1) is 0 Å². The Kier molecular flexibility index (Phi) is 4.86. The molecule has 0 saturated carbocycles. The van der Waals surface area contributed by atoms with Gasteiger partial charge in [-0.3, -0.25) is 0 Å². The number of rotatable bonds is 4. The van der Waals surface area contributed by atoms with E-state index in [0.29, 0.717) is 17.2 Å². The minimum absolute atomic E-state index is 0.109. The van der Waals surface area contributed by atoms with E-state index in [-0.39, 0.29) is 35.0 Å². The van der Waals surface area contributed by atoms with Gasteiger partial charge in [-0.25, -0.2) is 4.98 Å². The molecule has 0 radical (unpaired) electrons. The quantitative estimate of drug-likeness (QED) is 0.208. The number of aromatic nitrogens is 3. The third kappa shape index (κ3) is 4.51. The third-order valence-corrected chi connectivity index (χ3v) is 8.63. The van der Waals surface area contributed by atoms with Crippen LogP contribution in [0.2, 0.25) is 5.28 Å². The zero-order valence-electron chi connectivity index (χ0n) is 26.9. The van der Waals surface area contributed by atoms with Gasteiger partial charge in [-0.1, -0.05) is 103 Å². The van der Waals surface area contributed by atoms with E-state index in [1.165, 1.54) is 15.5 Å². The smallest absolute Gasteiger partial charge is 0.208 e. The summed E-state index contributed by atoms with van der Waals surface area (Å²) in [6, 6.07) is 32.5. The highest BCUT2D eigenvalue weighted by Crippen LogP contribution is 2.36. The normalized spacial score (nSPS) is 13.1. The predicted molar refractivity (Wildman–Crippen MR) is 177 cm³/mol. The van der Waals surface area contributed by atoms with Gasteiger partial charge >= 0.3 is 0 Å². The lowest BCUT2D eigenvalue weighted by molar-refractivity contribution is 1.07. The molecule has 8 rings (SSSR count). The van der Waals surface area contributed by atoms with Gasteiger partial charge in [-0.2, -0.15) is 9.97 Å². The van der Waals surface area contributed by atoms with Crippen LogP contribution in [-0.4, -0.2) is 15.0 Å². The van der Waals surface area contributed by atoms with Crippen LogP contribution >= 0.6 is 22.9 Å². The summed E-state index contributed by atoms with van der Waals surface area (Å²) in [5.41, 5.74) is 4.25. The van der Waals surface area contributed by atoms with Crippen LogP contribution in [0.25, 0.3) is 76.0 Å². The Labute approximate surface area is 258 Å². The number of nitrogens with zero attached hydrogens (tertiary/aromatic N) is 3. The molecule has 3 nitrogen and oxygen atoms in total. The van der Waals surface area contributed by atoms with Gasteiger partial charge in [0, 0.05) is 31.3 Å². The number of benzene rings is 6. The monoisotopic (exact) mass is 580 g/mol. The molecule has 0 unspecified atom stereocenters. The Bertz CT molecular complexity index is 2540. The maximum absolute atomic E-state index is 8.41. The number of halogens is 1. The topological polar surface area (TPSA) is 38.7 Å². The summed E-state index contributed by atoms with van der Waals surface area (Å²) in [4.78, 5) is 13.7. The molecule has 0 aliphatic rings. The molecule has 8 aromatic rings. The molecule has 5 heteroatoms. The molecule has 42 heavy (non-hydrogen) atoms. The molecule has 0 amide bonds. The van der Waals surface area contributed by atoms with Crippen molar-refractivity contribution in [1.82, 2.24) is 15.0 Å². The van der Waals surface area contributed by atoms with Crippen LogP contribution in [-0.2, 0) is 0 Å². The van der Waals surface area contributed by atoms with E-state index < -0.39 is 6.04 Å². The maximum Gasteiger partial charge on any atom is 0.226 e. The van der Waals surface area contributed by atoms with Crippen LogP contribution in [0.4, 0.5) is 0 Å². The highest BCUT2D eigenvalue weighted by molar-refractivity contribution is 7.25. The van der Waals surface area contributed by atoms with Gasteiger partial charge < -0.3 is 0 Å². The van der Waals surface area contributed by atoms with Crippen LogP contribution < -0.4 is 0 Å². The predicted octanol–water partition coefficient (Wildman–Crippen LogP) is 10.7. The van der Waals surface area contributed by atoms with Crippen LogP contribution in [0.5, 0.6) is 0 Å². The fourth-order valence-electron chi connectivity index (χ4n) is 5.29. The molecule has 0 bridgehead atoms. The van der Waals surface area contributed by atoms with Crippen molar-refractivity contribution in [3.05, 3.63) is 139 Å². The molecule has 0 saturated heterocycles. The summed E-state index contributed by atoms with van der Waals surface area (Å²) in [5.74, 6) is 0.957. The van der Waals surface area contributed by atoms with Crippen LogP contribution in [0.15, 0.2) is 133 Å². The second kappa shape index (κ2) is 10.2. The molecule has 0 spiro atoms. The van der Waals surface area contributed by atoms with E-state index in [9.17, 15) is 0 Å². The summed E-state index contributed by atoms with van der Waals surface area (Å²) in [7, 11) is 0. The van der Waals surface area contributed by atoms with E-state index in [1.54, 1.807) is 17.4 Å². The van der Waals surface area contributed by atoms with E-state index in [0.717, 1.165) is 37.7 Å². The van der Waals surface area contributed by atoms with E-state index in [2.05, 4.69) is 40.3 Å². The van der Waals surface area contributed by atoms with Gasteiger partial charge in [-0.15, -0.1) is 11.3 Å². The molecule has 0 atom stereocenters. The Balaban J connectivity index is 1.17. The third-order valence-electron chi connectivity index (χ3n) is 7.33. The van der Waals surface area contributed by atoms with Crippen molar-refractivity contribution < 1.29 is 6.85 Å². The first kappa shape index (κ1) is 20.1. The molecule has 198 valence electrons. The maximum atomic E-state index is 8.41. The molecule has 0 aliphatic carbocycles. The van der Waals surface area contributed by atoms with Crippen molar-refractivity contribution >= 4 is 53.9 Å². The minimum atomic E-state index is -0.407. The van der Waals surface area contributed by atoms with Crippen LogP contribution in [0.1, 0.15) is 6.85 Å². The van der Waals surface area contributed by atoms with E-state index >= 15 is 0 Å². The number of fused-ring (bicyclic) bond motifs is 4. The SMILES string of the molecule is [2H]c1c([2H])c([2H])c(-c2ccc3ccc(-c4cccc(-c5nc(Cl)nc(-c6ccc7c(c6)sc6ccccc67)n5)c4)cc3c2)c([2H])c1[2H]. The van der Waals surface area contributed by atoms with Gasteiger partial charge in [0.15, 0.2) is 11.6 Å². The lowest BCUT2D eigenvalue weighted by Gasteiger charge is -2.09. The van der Waals surface area contributed by atoms with Crippen molar-refractivity contribution in [3.63, 3.8) is 0 Å².